The summed E-state index contributed by atoms with van der Waals surface area (Å²) in [5.41, 5.74) is 1.06. The second kappa shape index (κ2) is 8.09. The Labute approximate surface area is 161 Å². The van der Waals surface area contributed by atoms with Crippen LogP contribution in [0.2, 0.25) is 5.02 Å². The third kappa shape index (κ3) is 4.38. The topological polar surface area (TPSA) is 89.0 Å². The van der Waals surface area contributed by atoms with Crippen LogP contribution in [0.1, 0.15) is 28.4 Å². The van der Waals surface area contributed by atoms with Gasteiger partial charge in [0.1, 0.15) is 11.5 Å². The van der Waals surface area contributed by atoms with E-state index < -0.39 is 11.9 Å². The Balaban J connectivity index is 1.88. The van der Waals surface area contributed by atoms with Gasteiger partial charge in [0.05, 0.1) is 26.7 Å². The second-order valence-corrected chi connectivity index (χ2v) is 6.25. The van der Waals surface area contributed by atoms with Gasteiger partial charge in [-0.2, -0.15) is 0 Å². The zero-order chi connectivity index (χ0) is 19.4. The highest BCUT2D eigenvalue weighted by molar-refractivity contribution is 6.31. The van der Waals surface area contributed by atoms with Gasteiger partial charge in [-0.15, -0.1) is 0 Å². The Kier molecular flexibility index (Phi) is 5.61. The van der Waals surface area contributed by atoms with E-state index in [-0.39, 0.29) is 18.3 Å². The molecule has 2 aromatic rings. The van der Waals surface area contributed by atoms with Crippen LogP contribution in [-0.2, 0) is 4.79 Å². The first-order valence-electron chi connectivity index (χ1n) is 8.16. The summed E-state index contributed by atoms with van der Waals surface area (Å²) in [5, 5.41) is 5.62. The number of carbonyl (C=O) groups excluding carboxylic acids is 2. The molecule has 1 atom stereocenters. The van der Waals surface area contributed by atoms with Crippen LogP contribution in [0.5, 0.6) is 11.5 Å². The van der Waals surface area contributed by atoms with Gasteiger partial charge in [0.15, 0.2) is 0 Å². The molecule has 2 N–H and O–H groups in total. The third-order valence-corrected chi connectivity index (χ3v) is 4.27. The van der Waals surface area contributed by atoms with Crippen LogP contribution in [-0.4, -0.2) is 32.0 Å². The molecule has 0 radical (unpaired) electrons. The number of carbonyl (C=O) groups is 2. The van der Waals surface area contributed by atoms with Crippen molar-refractivity contribution in [2.24, 2.45) is 4.99 Å². The van der Waals surface area contributed by atoms with Crippen molar-refractivity contribution < 1.29 is 19.1 Å². The van der Waals surface area contributed by atoms with Crippen molar-refractivity contribution in [2.75, 3.05) is 14.2 Å². The van der Waals surface area contributed by atoms with Crippen molar-refractivity contribution in [2.45, 2.75) is 12.5 Å². The molecule has 8 heteroatoms. The number of hydrogen-bond acceptors (Lipinski definition) is 5. The molecule has 1 aliphatic heterocycles. The Morgan fingerprint density at radius 2 is 2.04 bits per heavy atom. The summed E-state index contributed by atoms with van der Waals surface area (Å²) in [5.74, 6) is 0.596. The quantitative estimate of drug-likeness (QED) is 0.844. The third-order valence-electron chi connectivity index (χ3n) is 4.04. The molecule has 1 heterocycles. The number of ether oxygens (including phenoxy) is 2. The van der Waals surface area contributed by atoms with Crippen molar-refractivity contribution in [1.82, 2.24) is 10.6 Å². The van der Waals surface area contributed by atoms with Gasteiger partial charge in [-0.3, -0.25) is 20.2 Å². The second-order valence-electron chi connectivity index (χ2n) is 5.82. The van der Waals surface area contributed by atoms with E-state index in [2.05, 4.69) is 15.6 Å². The number of hydrogen-bond donors (Lipinski definition) is 2. The minimum absolute atomic E-state index is 0.0751. The maximum absolute atomic E-state index is 12.4. The number of amides is 2. The average Bonchev–Trinajstić information content (AvgIpc) is 2.67. The highest BCUT2D eigenvalue weighted by Gasteiger charge is 2.26. The van der Waals surface area contributed by atoms with Crippen molar-refractivity contribution in [3.05, 3.63) is 58.6 Å². The molecule has 0 bridgehead atoms. The van der Waals surface area contributed by atoms with Crippen LogP contribution in [0.4, 0.5) is 0 Å². The highest BCUT2D eigenvalue weighted by Crippen LogP contribution is 2.34. The van der Waals surface area contributed by atoms with Gasteiger partial charge in [-0.05, 0) is 36.4 Å². The van der Waals surface area contributed by atoms with E-state index in [9.17, 15) is 9.59 Å². The molecular weight excluding hydrogens is 370 g/mol. The first-order chi connectivity index (χ1) is 13.0. The minimum Gasteiger partial charge on any atom is -0.497 e. The number of nitrogens with zero attached hydrogens (tertiary/aromatic N) is 1. The monoisotopic (exact) mass is 387 g/mol. The molecule has 0 aromatic heterocycles. The zero-order valence-corrected chi connectivity index (χ0v) is 15.5. The number of nitrogens with one attached hydrogen (secondary N) is 2. The van der Waals surface area contributed by atoms with Gasteiger partial charge in [0.25, 0.3) is 5.91 Å². The summed E-state index contributed by atoms with van der Waals surface area (Å²) < 4.78 is 10.6. The van der Waals surface area contributed by atoms with Crippen LogP contribution in [0.15, 0.2) is 47.5 Å². The van der Waals surface area contributed by atoms with E-state index in [0.29, 0.717) is 27.6 Å². The average molecular weight is 388 g/mol. The largest absolute Gasteiger partial charge is 0.497 e. The molecule has 0 unspecified atom stereocenters. The van der Waals surface area contributed by atoms with Gasteiger partial charge in [0.2, 0.25) is 11.9 Å². The summed E-state index contributed by atoms with van der Waals surface area (Å²) >= 11 is 5.91. The fourth-order valence-electron chi connectivity index (χ4n) is 2.74. The maximum Gasteiger partial charge on any atom is 0.258 e. The van der Waals surface area contributed by atoms with Crippen LogP contribution >= 0.6 is 11.6 Å². The number of halogens is 1. The minimum atomic E-state index is -0.515. The van der Waals surface area contributed by atoms with Crippen molar-refractivity contribution in [3.63, 3.8) is 0 Å². The first-order valence-corrected chi connectivity index (χ1v) is 8.54. The van der Waals surface area contributed by atoms with Crippen LogP contribution < -0.4 is 20.1 Å². The number of guanidine groups is 1. The smallest absolute Gasteiger partial charge is 0.258 e. The number of rotatable bonds is 4. The fraction of sp³-hybridized carbons (Fsp3) is 0.211. The van der Waals surface area contributed by atoms with E-state index in [4.69, 9.17) is 21.1 Å². The van der Waals surface area contributed by atoms with Gasteiger partial charge in [-0.25, -0.2) is 4.99 Å². The molecule has 1 aliphatic rings. The molecule has 0 aliphatic carbocycles. The predicted molar refractivity (Wildman–Crippen MR) is 101 cm³/mol. The molecule has 0 spiro atoms. The molecular formula is C19H18ClN3O4. The zero-order valence-electron chi connectivity index (χ0n) is 14.8. The van der Waals surface area contributed by atoms with Gasteiger partial charge in [0, 0.05) is 16.1 Å². The summed E-state index contributed by atoms with van der Waals surface area (Å²) in [7, 11) is 3.10. The molecule has 27 heavy (non-hydrogen) atoms. The van der Waals surface area contributed by atoms with E-state index in [1.165, 1.54) is 6.07 Å². The van der Waals surface area contributed by atoms with Crippen molar-refractivity contribution >= 4 is 29.4 Å². The van der Waals surface area contributed by atoms with E-state index >= 15 is 0 Å². The van der Waals surface area contributed by atoms with Gasteiger partial charge in [-0.1, -0.05) is 17.7 Å². The normalized spacial score (nSPS) is 16.2. The first kappa shape index (κ1) is 18.7. The van der Waals surface area contributed by atoms with Crippen LogP contribution in [0.25, 0.3) is 0 Å². The number of benzene rings is 2. The lowest BCUT2D eigenvalue weighted by molar-refractivity contribution is -0.120. The van der Waals surface area contributed by atoms with E-state index in [1.807, 2.05) is 0 Å². The molecule has 3 rings (SSSR count). The summed E-state index contributed by atoms with van der Waals surface area (Å²) in [4.78, 5) is 29.0. The molecule has 0 saturated heterocycles. The summed E-state index contributed by atoms with van der Waals surface area (Å²) in [6.07, 6.45) is 0.125. The Hall–Kier alpha value is -3.06. The number of methoxy groups -OCH3 is 2. The predicted octanol–water partition coefficient (Wildman–Crippen LogP) is 2.70. The lowest BCUT2D eigenvalue weighted by Crippen LogP contribution is -2.47. The lowest BCUT2D eigenvalue weighted by atomic mass is 10.0. The van der Waals surface area contributed by atoms with Crippen molar-refractivity contribution in [3.8, 4) is 11.5 Å². The molecule has 0 fully saturated rings. The highest BCUT2D eigenvalue weighted by atomic mass is 35.5. The van der Waals surface area contributed by atoms with Crippen molar-refractivity contribution in [1.29, 1.82) is 0 Å². The Bertz CT molecular complexity index is 914. The molecule has 0 saturated carbocycles. The number of aliphatic imine (C=N–C) groups is 1. The SMILES string of the molecule is COc1ccc(OC)c([C@H]2CC(=O)NC(NC(=O)c3cccc(Cl)c3)=N2)c1. The lowest BCUT2D eigenvalue weighted by Gasteiger charge is -2.23. The van der Waals surface area contributed by atoms with Crippen LogP contribution in [0, 0.1) is 0 Å². The standard InChI is InChI=1S/C19H18ClN3O4/c1-26-13-6-7-16(27-2)14(9-13)15-10-17(24)22-19(21-15)23-18(25)11-4-3-5-12(20)8-11/h3-9,15H,10H2,1-2H3,(H2,21,22,23,24,25)/t15-/m1/s1. The summed E-state index contributed by atoms with van der Waals surface area (Å²) in [6, 6.07) is 11.3. The summed E-state index contributed by atoms with van der Waals surface area (Å²) in [6.45, 7) is 0. The Morgan fingerprint density at radius 3 is 2.74 bits per heavy atom. The van der Waals surface area contributed by atoms with E-state index in [1.54, 1.807) is 50.6 Å². The molecule has 2 amide bonds. The Morgan fingerprint density at radius 1 is 1.22 bits per heavy atom. The maximum atomic E-state index is 12.4. The fourth-order valence-corrected chi connectivity index (χ4v) is 2.94. The van der Waals surface area contributed by atoms with Crippen LogP contribution in [0.3, 0.4) is 0 Å². The van der Waals surface area contributed by atoms with Gasteiger partial charge >= 0.3 is 0 Å². The van der Waals surface area contributed by atoms with E-state index in [0.717, 1.165) is 0 Å². The molecule has 140 valence electrons. The molecule has 7 nitrogen and oxygen atoms in total. The van der Waals surface area contributed by atoms with Gasteiger partial charge < -0.3 is 9.47 Å². The molecule has 2 aromatic carbocycles.